The molecule has 0 bridgehead atoms. The molecule has 2 heterocycles. The second-order valence-electron chi connectivity index (χ2n) is 5.90. The van der Waals surface area contributed by atoms with Crippen molar-refractivity contribution in [1.82, 2.24) is 15.0 Å². The highest BCUT2D eigenvalue weighted by atomic mass is 35.5. The number of likely N-dealkylation sites (tertiary alicyclic amines) is 1. The lowest BCUT2D eigenvalue weighted by Gasteiger charge is -2.22. The molecule has 4 rings (SSSR count). The van der Waals surface area contributed by atoms with E-state index in [0.29, 0.717) is 28.9 Å². The van der Waals surface area contributed by atoms with Crippen molar-refractivity contribution < 1.29 is 9.32 Å². The summed E-state index contributed by atoms with van der Waals surface area (Å²) in [5.41, 5.74) is 0.526. The van der Waals surface area contributed by atoms with Crippen molar-refractivity contribution in [2.45, 2.75) is 37.6 Å². The third kappa shape index (κ3) is 2.39. The molecule has 22 heavy (non-hydrogen) atoms. The molecule has 2 aromatic rings. The van der Waals surface area contributed by atoms with Gasteiger partial charge in [0.2, 0.25) is 5.89 Å². The third-order valence-electron chi connectivity index (χ3n) is 4.30. The van der Waals surface area contributed by atoms with Crippen LogP contribution in [0.15, 0.2) is 28.8 Å². The lowest BCUT2D eigenvalue weighted by atomic mass is 10.1. The van der Waals surface area contributed by atoms with Crippen LogP contribution in [0.25, 0.3) is 0 Å². The molecule has 1 saturated carbocycles. The van der Waals surface area contributed by atoms with E-state index in [4.69, 9.17) is 16.1 Å². The van der Waals surface area contributed by atoms with Crippen molar-refractivity contribution >= 4 is 17.5 Å². The number of nitrogens with zero attached hydrogens (tertiary/aromatic N) is 3. The van der Waals surface area contributed by atoms with Gasteiger partial charge >= 0.3 is 0 Å². The Kier molecular flexibility index (Phi) is 3.37. The Labute approximate surface area is 133 Å². The maximum Gasteiger partial charge on any atom is 0.256 e. The molecule has 0 radical (unpaired) electrons. The van der Waals surface area contributed by atoms with Gasteiger partial charge < -0.3 is 9.42 Å². The van der Waals surface area contributed by atoms with Crippen LogP contribution in [-0.4, -0.2) is 27.5 Å². The zero-order chi connectivity index (χ0) is 15.1. The van der Waals surface area contributed by atoms with Crippen molar-refractivity contribution in [2.75, 3.05) is 6.54 Å². The predicted octanol–water partition coefficient (Wildman–Crippen LogP) is 3.58. The summed E-state index contributed by atoms with van der Waals surface area (Å²) in [7, 11) is 0. The normalized spacial score (nSPS) is 21.3. The van der Waals surface area contributed by atoms with E-state index in [2.05, 4.69) is 10.1 Å². The number of rotatable bonds is 3. The Morgan fingerprint density at radius 3 is 2.86 bits per heavy atom. The Morgan fingerprint density at radius 2 is 2.09 bits per heavy atom. The summed E-state index contributed by atoms with van der Waals surface area (Å²) in [4.78, 5) is 19.1. The van der Waals surface area contributed by atoms with Crippen molar-refractivity contribution in [2.24, 2.45) is 0 Å². The Balaban J connectivity index is 1.60. The average Bonchev–Trinajstić information content (AvgIpc) is 3.07. The molecule has 1 amide bonds. The van der Waals surface area contributed by atoms with E-state index < -0.39 is 0 Å². The zero-order valence-corrected chi connectivity index (χ0v) is 12.8. The molecule has 1 atom stereocenters. The summed E-state index contributed by atoms with van der Waals surface area (Å²) >= 11 is 6.15. The number of hydrogen-bond acceptors (Lipinski definition) is 4. The number of aromatic nitrogens is 2. The minimum Gasteiger partial charge on any atom is -0.337 e. The summed E-state index contributed by atoms with van der Waals surface area (Å²) < 4.78 is 5.41. The smallest absolute Gasteiger partial charge is 0.256 e. The first-order valence-electron chi connectivity index (χ1n) is 7.63. The molecular formula is C16H16ClN3O2. The molecule has 6 heteroatoms. The lowest BCUT2D eigenvalue weighted by Crippen LogP contribution is -2.31. The van der Waals surface area contributed by atoms with Crippen molar-refractivity contribution in [3.8, 4) is 0 Å². The standard InChI is InChI=1S/C16H16ClN3O2/c17-12-5-2-1-4-11(12)16(21)20-9-3-6-13(20)15-18-14(19-22-15)10-7-8-10/h1-2,4-5,10,13H,3,6-9H2. The first-order valence-corrected chi connectivity index (χ1v) is 8.01. The highest BCUT2D eigenvalue weighted by molar-refractivity contribution is 6.33. The molecule has 2 fully saturated rings. The molecule has 0 spiro atoms. The minimum absolute atomic E-state index is 0.0701. The van der Waals surface area contributed by atoms with Crippen LogP contribution in [0, 0.1) is 0 Å². The van der Waals surface area contributed by atoms with Crippen LogP contribution in [0.2, 0.25) is 5.02 Å². The van der Waals surface area contributed by atoms with Gasteiger partial charge in [0.05, 0.1) is 10.6 Å². The summed E-state index contributed by atoms with van der Waals surface area (Å²) in [6.07, 6.45) is 4.04. The van der Waals surface area contributed by atoms with Gasteiger partial charge in [0.15, 0.2) is 5.82 Å². The van der Waals surface area contributed by atoms with Crippen LogP contribution >= 0.6 is 11.6 Å². The fourth-order valence-electron chi connectivity index (χ4n) is 2.95. The first kappa shape index (κ1) is 13.8. The molecule has 1 aliphatic heterocycles. The third-order valence-corrected chi connectivity index (χ3v) is 4.63. The molecule has 5 nitrogen and oxygen atoms in total. The van der Waals surface area contributed by atoms with E-state index >= 15 is 0 Å². The monoisotopic (exact) mass is 317 g/mol. The lowest BCUT2D eigenvalue weighted by molar-refractivity contribution is 0.0710. The number of hydrogen-bond donors (Lipinski definition) is 0. The van der Waals surface area contributed by atoms with Gasteiger partial charge in [0, 0.05) is 12.5 Å². The zero-order valence-electron chi connectivity index (χ0n) is 12.0. The number of benzene rings is 1. The van der Waals surface area contributed by atoms with E-state index in [9.17, 15) is 4.79 Å². The van der Waals surface area contributed by atoms with Gasteiger partial charge in [-0.15, -0.1) is 0 Å². The van der Waals surface area contributed by atoms with E-state index in [1.165, 1.54) is 0 Å². The van der Waals surface area contributed by atoms with Crippen LogP contribution in [0.1, 0.15) is 59.7 Å². The average molecular weight is 318 g/mol. The van der Waals surface area contributed by atoms with Gasteiger partial charge in [-0.05, 0) is 37.8 Å². The van der Waals surface area contributed by atoms with Gasteiger partial charge in [-0.1, -0.05) is 28.9 Å². The Morgan fingerprint density at radius 1 is 1.27 bits per heavy atom. The largest absolute Gasteiger partial charge is 0.337 e. The van der Waals surface area contributed by atoms with E-state index in [1.54, 1.807) is 17.0 Å². The summed E-state index contributed by atoms with van der Waals surface area (Å²) in [6.45, 7) is 0.690. The summed E-state index contributed by atoms with van der Waals surface area (Å²) in [5.74, 6) is 1.72. The van der Waals surface area contributed by atoms with Gasteiger partial charge in [-0.2, -0.15) is 4.98 Å². The second-order valence-corrected chi connectivity index (χ2v) is 6.31. The maximum absolute atomic E-state index is 12.8. The number of carbonyl (C=O) groups is 1. The molecule has 114 valence electrons. The minimum atomic E-state index is -0.135. The van der Waals surface area contributed by atoms with Crippen molar-refractivity contribution in [3.05, 3.63) is 46.6 Å². The SMILES string of the molecule is O=C(c1ccccc1Cl)N1CCCC1c1nc(C2CC2)no1. The van der Waals surface area contributed by atoms with Crippen LogP contribution in [0.5, 0.6) is 0 Å². The van der Waals surface area contributed by atoms with Crippen LogP contribution < -0.4 is 0 Å². The Bertz CT molecular complexity index is 711. The predicted molar refractivity (Wildman–Crippen MR) is 80.7 cm³/mol. The fourth-order valence-corrected chi connectivity index (χ4v) is 3.16. The number of carbonyl (C=O) groups excluding carboxylic acids is 1. The topological polar surface area (TPSA) is 59.2 Å². The molecular weight excluding hydrogens is 302 g/mol. The highest BCUT2D eigenvalue weighted by Gasteiger charge is 2.36. The van der Waals surface area contributed by atoms with Crippen molar-refractivity contribution in [3.63, 3.8) is 0 Å². The first-order chi connectivity index (χ1) is 10.7. The van der Waals surface area contributed by atoms with Crippen LogP contribution in [0.4, 0.5) is 0 Å². The van der Waals surface area contributed by atoms with E-state index in [1.807, 2.05) is 12.1 Å². The van der Waals surface area contributed by atoms with Gasteiger partial charge in [-0.3, -0.25) is 4.79 Å². The number of halogens is 1. The Hall–Kier alpha value is -1.88. The van der Waals surface area contributed by atoms with Gasteiger partial charge in [0.25, 0.3) is 5.91 Å². The number of amides is 1. The van der Waals surface area contributed by atoms with Crippen LogP contribution in [-0.2, 0) is 0 Å². The molecule has 1 saturated heterocycles. The highest BCUT2D eigenvalue weighted by Crippen LogP contribution is 2.40. The maximum atomic E-state index is 12.8. The molecule has 1 aliphatic carbocycles. The van der Waals surface area contributed by atoms with Gasteiger partial charge in [0.1, 0.15) is 6.04 Å². The second kappa shape index (κ2) is 5.39. The quantitative estimate of drug-likeness (QED) is 0.868. The van der Waals surface area contributed by atoms with Gasteiger partial charge in [-0.25, -0.2) is 0 Å². The summed E-state index contributed by atoms with van der Waals surface area (Å²) in [6, 6.07) is 6.99. The molecule has 2 aliphatic rings. The summed E-state index contributed by atoms with van der Waals surface area (Å²) in [5, 5.41) is 4.53. The van der Waals surface area contributed by atoms with E-state index in [0.717, 1.165) is 31.5 Å². The van der Waals surface area contributed by atoms with Crippen LogP contribution in [0.3, 0.4) is 0 Å². The molecule has 1 aromatic carbocycles. The molecule has 0 N–H and O–H groups in total. The van der Waals surface area contributed by atoms with E-state index in [-0.39, 0.29) is 11.9 Å². The van der Waals surface area contributed by atoms with Crippen molar-refractivity contribution in [1.29, 1.82) is 0 Å². The fraction of sp³-hybridized carbons (Fsp3) is 0.438. The molecule has 1 unspecified atom stereocenters. The molecule has 1 aromatic heterocycles.